The third-order valence-corrected chi connectivity index (χ3v) is 5.76. The Bertz CT molecular complexity index is 760. The van der Waals surface area contributed by atoms with E-state index in [0.29, 0.717) is 49.0 Å². The minimum Gasteiger partial charge on any atom is -0.490 e. The van der Waals surface area contributed by atoms with Crippen molar-refractivity contribution in [3.63, 3.8) is 0 Å². The highest BCUT2D eigenvalue weighted by molar-refractivity contribution is 5.93. The molecule has 4 rings (SSSR count). The Labute approximate surface area is 163 Å². The van der Waals surface area contributed by atoms with Gasteiger partial charge < -0.3 is 19.5 Å². The van der Waals surface area contributed by atoms with E-state index < -0.39 is 5.91 Å². The van der Waals surface area contributed by atoms with Gasteiger partial charge >= 0.3 is 5.97 Å². The summed E-state index contributed by atoms with van der Waals surface area (Å²) in [5, 5.41) is 2.71. The van der Waals surface area contributed by atoms with Gasteiger partial charge in [-0.2, -0.15) is 0 Å². The van der Waals surface area contributed by atoms with Crippen LogP contribution in [-0.2, 0) is 19.1 Å². The fraction of sp³-hybridized carbons (Fsp3) is 0.571. The number of Topliss-reactive ketones (excluding diaryl/α,β-unsaturated/α-hetero) is 1. The van der Waals surface area contributed by atoms with Crippen molar-refractivity contribution in [1.82, 2.24) is 0 Å². The first-order valence-corrected chi connectivity index (χ1v) is 10.00. The number of fused-ring (bicyclic) bond motifs is 3. The lowest BCUT2D eigenvalue weighted by molar-refractivity contribution is -0.155. The second-order valence-electron chi connectivity index (χ2n) is 7.76. The smallest absolute Gasteiger partial charge is 0.309 e. The third kappa shape index (κ3) is 4.13. The number of benzene rings is 1. The molecular weight excluding hydrogens is 362 g/mol. The molecule has 1 aromatic carbocycles. The quantitative estimate of drug-likeness (QED) is 0.799. The lowest BCUT2D eigenvalue weighted by atomic mass is 9.67. The molecule has 3 aliphatic rings. The monoisotopic (exact) mass is 387 g/mol. The summed E-state index contributed by atoms with van der Waals surface area (Å²) in [5.41, 5.74) is 0.558. The molecule has 1 N–H and O–H groups in total. The van der Waals surface area contributed by atoms with Gasteiger partial charge in [0.1, 0.15) is 5.78 Å². The fourth-order valence-electron chi connectivity index (χ4n) is 4.36. The van der Waals surface area contributed by atoms with Gasteiger partial charge in [0.15, 0.2) is 18.1 Å². The van der Waals surface area contributed by atoms with Crippen LogP contribution in [0.25, 0.3) is 0 Å². The maximum atomic E-state index is 12.4. The molecule has 28 heavy (non-hydrogen) atoms. The number of hydrogen-bond donors (Lipinski definition) is 1. The Morgan fingerprint density at radius 3 is 2.50 bits per heavy atom. The van der Waals surface area contributed by atoms with Gasteiger partial charge in [-0.1, -0.05) is 6.42 Å². The molecule has 2 bridgehead atoms. The molecule has 0 aromatic heterocycles. The van der Waals surface area contributed by atoms with E-state index in [1.165, 1.54) is 0 Å². The minimum atomic E-state index is -0.407. The molecule has 1 heterocycles. The maximum Gasteiger partial charge on any atom is 0.309 e. The van der Waals surface area contributed by atoms with Gasteiger partial charge in [0.25, 0.3) is 5.91 Å². The molecule has 2 fully saturated rings. The van der Waals surface area contributed by atoms with E-state index >= 15 is 0 Å². The number of amides is 1. The number of nitrogens with one attached hydrogen (secondary N) is 1. The van der Waals surface area contributed by atoms with E-state index in [1.54, 1.807) is 18.2 Å². The largest absolute Gasteiger partial charge is 0.490 e. The molecular formula is C21H25NO6. The van der Waals surface area contributed by atoms with Crippen molar-refractivity contribution >= 4 is 23.3 Å². The van der Waals surface area contributed by atoms with Crippen LogP contribution in [0.1, 0.15) is 38.5 Å². The molecule has 7 heteroatoms. The zero-order valence-corrected chi connectivity index (χ0v) is 15.8. The first kappa shape index (κ1) is 18.8. The van der Waals surface area contributed by atoms with Gasteiger partial charge in [0.2, 0.25) is 0 Å². The lowest BCUT2D eigenvalue weighted by Crippen LogP contribution is -2.40. The molecule has 1 aliphatic heterocycles. The van der Waals surface area contributed by atoms with E-state index in [2.05, 4.69) is 5.32 Å². The van der Waals surface area contributed by atoms with Crippen LogP contribution in [0.5, 0.6) is 11.5 Å². The van der Waals surface area contributed by atoms with Crippen LogP contribution in [-0.4, -0.2) is 37.5 Å². The van der Waals surface area contributed by atoms with E-state index in [-0.39, 0.29) is 30.3 Å². The first-order chi connectivity index (χ1) is 13.6. The highest BCUT2D eigenvalue weighted by atomic mass is 16.5. The van der Waals surface area contributed by atoms with Crippen LogP contribution in [0.2, 0.25) is 0 Å². The SMILES string of the molecule is O=C(COC(=O)C1CC2CCCC(C1)C2=O)Nc1ccc2c(c1)OCCCO2. The molecule has 7 nitrogen and oxygen atoms in total. The van der Waals surface area contributed by atoms with Gasteiger partial charge in [-0.05, 0) is 37.8 Å². The average Bonchev–Trinajstić information content (AvgIpc) is 2.91. The second-order valence-corrected chi connectivity index (χ2v) is 7.76. The molecule has 1 amide bonds. The molecule has 2 unspecified atom stereocenters. The average molecular weight is 387 g/mol. The Morgan fingerprint density at radius 1 is 1.04 bits per heavy atom. The van der Waals surface area contributed by atoms with Gasteiger partial charge in [0.05, 0.1) is 19.1 Å². The molecule has 2 atom stereocenters. The summed E-state index contributed by atoms with van der Waals surface area (Å²) in [6, 6.07) is 5.18. The van der Waals surface area contributed by atoms with Crippen molar-refractivity contribution in [3.05, 3.63) is 18.2 Å². The van der Waals surface area contributed by atoms with Crippen molar-refractivity contribution in [2.24, 2.45) is 17.8 Å². The number of ether oxygens (including phenoxy) is 3. The van der Waals surface area contributed by atoms with Crippen LogP contribution in [0.4, 0.5) is 5.69 Å². The predicted molar refractivity (Wildman–Crippen MR) is 100 cm³/mol. The van der Waals surface area contributed by atoms with E-state index in [0.717, 1.165) is 25.7 Å². The van der Waals surface area contributed by atoms with E-state index in [1.807, 2.05) is 0 Å². The van der Waals surface area contributed by atoms with E-state index in [9.17, 15) is 14.4 Å². The molecule has 150 valence electrons. The van der Waals surface area contributed by atoms with Crippen molar-refractivity contribution in [2.75, 3.05) is 25.1 Å². The standard InChI is InChI=1S/C21H25NO6/c23-19(22-16-5-6-17-18(11-16)27-8-2-7-26-17)12-28-21(25)15-9-13-3-1-4-14(10-15)20(13)24/h5-6,11,13-15H,1-4,7-10,12H2,(H,22,23). The van der Waals surface area contributed by atoms with Gasteiger partial charge in [-0.15, -0.1) is 0 Å². The van der Waals surface area contributed by atoms with Crippen LogP contribution in [0.3, 0.4) is 0 Å². The summed E-state index contributed by atoms with van der Waals surface area (Å²) in [6.07, 6.45) is 4.70. The fourth-order valence-corrected chi connectivity index (χ4v) is 4.36. The van der Waals surface area contributed by atoms with Gasteiger partial charge in [-0.25, -0.2) is 0 Å². The van der Waals surface area contributed by atoms with Crippen LogP contribution in [0.15, 0.2) is 18.2 Å². The highest BCUT2D eigenvalue weighted by Crippen LogP contribution is 2.40. The van der Waals surface area contributed by atoms with Crippen LogP contribution in [0, 0.1) is 17.8 Å². The van der Waals surface area contributed by atoms with Crippen LogP contribution < -0.4 is 14.8 Å². The number of ketones is 1. The van der Waals surface area contributed by atoms with Crippen LogP contribution >= 0.6 is 0 Å². The summed E-state index contributed by atoms with van der Waals surface area (Å²) < 4.78 is 16.4. The van der Waals surface area contributed by atoms with Crippen molar-refractivity contribution < 1.29 is 28.6 Å². The number of anilines is 1. The zero-order chi connectivity index (χ0) is 19.5. The Hall–Kier alpha value is -2.57. The van der Waals surface area contributed by atoms with Crippen molar-refractivity contribution in [1.29, 1.82) is 0 Å². The van der Waals surface area contributed by atoms with Gasteiger partial charge in [0, 0.05) is 30.0 Å². The molecule has 0 radical (unpaired) electrons. The second kappa shape index (κ2) is 8.20. The molecule has 0 spiro atoms. The number of rotatable bonds is 4. The van der Waals surface area contributed by atoms with E-state index in [4.69, 9.17) is 14.2 Å². The number of carbonyl (C=O) groups excluding carboxylic acids is 3. The highest BCUT2D eigenvalue weighted by Gasteiger charge is 2.41. The molecule has 2 aliphatic carbocycles. The third-order valence-electron chi connectivity index (χ3n) is 5.76. The van der Waals surface area contributed by atoms with Crippen molar-refractivity contribution in [2.45, 2.75) is 38.5 Å². The van der Waals surface area contributed by atoms with Crippen molar-refractivity contribution in [3.8, 4) is 11.5 Å². The summed E-state index contributed by atoms with van der Waals surface area (Å²) in [5.74, 6) is 0.459. The normalized spacial score (nSPS) is 26.1. The first-order valence-electron chi connectivity index (χ1n) is 10.00. The Balaban J connectivity index is 1.28. The van der Waals surface area contributed by atoms with Gasteiger partial charge in [-0.3, -0.25) is 14.4 Å². The molecule has 1 aromatic rings. The molecule has 2 saturated carbocycles. The minimum absolute atomic E-state index is 0.0133. The predicted octanol–water partition coefficient (Wildman–Crippen LogP) is 2.73. The summed E-state index contributed by atoms with van der Waals surface area (Å²) in [6.45, 7) is 0.823. The molecule has 0 saturated heterocycles. The number of esters is 1. The maximum absolute atomic E-state index is 12.4. The zero-order valence-electron chi connectivity index (χ0n) is 15.8. The Morgan fingerprint density at radius 2 is 1.75 bits per heavy atom. The number of carbonyl (C=O) groups is 3. The summed E-state index contributed by atoms with van der Waals surface area (Å²) in [4.78, 5) is 36.7. The lowest BCUT2D eigenvalue weighted by Gasteiger charge is -2.36. The topological polar surface area (TPSA) is 90.9 Å². The summed E-state index contributed by atoms with van der Waals surface area (Å²) >= 11 is 0. The number of hydrogen-bond acceptors (Lipinski definition) is 6. The Kier molecular flexibility index (Phi) is 5.50. The summed E-state index contributed by atoms with van der Waals surface area (Å²) in [7, 11) is 0.